The average Bonchev–Trinajstić information content (AvgIpc) is 2.71. The fourth-order valence-electron chi connectivity index (χ4n) is 1.53. The van der Waals surface area contributed by atoms with Crippen molar-refractivity contribution in [1.82, 2.24) is 0 Å². The Morgan fingerprint density at radius 1 is 1.41 bits per heavy atom. The Morgan fingerprint density at radius 3 is 2.88 bits per heavy atom. The number of nitrogens with zero attached hydrogens (tertiary/aromatic N) is 1. The number of hydrogen-bond acceptors (Lipinski definition) is 2. The van der Waals surface area contributed by atoms with Crippen LogP contribution in [0.3, 0.4) is 0 Å². The number of ether oxygens (including phenoxy) is 1. The topological polar surface area (TPSA) is 38.7 Å². The molecule has 0 spiro atoms. The third-order valence-corrected chi connectivity index (χ3v) is 3.89. The largest absolute Gasteiger partial charge is 0.493 e. The molecule has 1 aliphatic rings. The number of hydrogen-bond donors (Lipinski definition) is 0. The minimum Gasteiger partial charge on any atom is -0.493 e. The van der Waals surface area contributed by atoms with Gasteiger partial charge in [0.2, 0.25) is 0 Å². The van der Waals surface area contributed by atoms with Crippen LogP contribution >= 0.6 is 0 Å². The summed E-state index contributed by atoms with van der Waals surface area (Å²) in [4.78, 5) is 0. The smallest absolute Gasteiger partial charge is 0.144 e. The van der Waals surface area contributed by atoms with Gasteiger partial charge in [0.25, 0.3) is 0 Å². The first-order chi connectivity index (χ1) is 7.97. The van der Waals surface area contributed by atoms with Crippen LogP contribution in [0.15, 0.2) is 22.6 Å². The van der Waals surface area contributed by atoms with E-state index in [0.717, 1.165) is 24.3 Å². The zero-order chi connectivity index (χ0) is 12.5. The second-order valence-corrected chi connectivity index (χ2v) is 7.00. The quantitative estimate of drug-likeness (QED) is 0.757. The second-order valence-electron chi connectivity index (χ2n) is 5.06. The molecule has 0 N–H and O–H groups in total. The van der Waals surface area contributed by atoms with Crippen molar-refractivity contribution in [3.8, 4) is 5.75 Å². The van der Waals surface area contributed by atoms with Gasteiger partial charge in [-0.3, -0.25) is 0 Å². The highest BCUT2D eigenvalue weighted by atomic mass is 32.2. The van der Waals surface area contributed by atoms with E-state index in [4.69, 9.17) is 4.74 Å². The molecule has 0 bridgehead atoms. The first-order valence-corrected chi connectivity index (χ1v) is 6.79. The molecule has 0 radical (unpaired) electrons. The molecular weight excluding hydrogens is 234 g/mol. The summed E-state index contributed by atoms with van der Waals surface area (Å²) in [5.74, 6) is 0.926. The van der Waals surface area contributed by atoms with Crippen molar-refractivity contribution in [3.63, 3.8) is 0 Å². The van der Waals surface area contributed by atoms with E-state index in [2.05, 4.69) is 4.40 Å². The summed E-state index contributed by atoms with van der Waals surface area (Å²) in [6.07, 6.45) is 2.63. The lowest BCUT2D eigenvalue weighted by molar-refractivity contribution is 0.357. The first kappa shape index (κ1) is 12.3. The van der Waals surface area contributed by atoms with Crippen LogP contribution in [0.2, 0.25) is 0 Å². The van der Waals surface area contributed by atoms with E-state index < -0.39 is 11.0 Å². The first-order valence-electron chi connectivity index (χ1n) is 5.68. The molecular formula is C13H17NO2S. The standard InChI is InChI=1S/C13H17NO2S/c1-13(2,3)17(15)14-9-10-4-5-11-6-7-16-12(11)8-10/h4-5,8-9H,6-7H2,1-3H3. The molecule has 1 unspecified atom stereocenters. The lowest BCUT2D eigenvalue weighted by Crippen LogP contribution is -2.19. The summed E-state index contributed by atoms with van der Waals surface area (Å²) >= 11 is 0. The Labute approximate surface area is 104 Å². The molecule has 1 aliphatic heterocycles. The maximum atomic E-state index is 11.8. The van der Waals surface area contributed by atoms with Crippen molar-refractivity contribution < 1.29 is 8.95 Å². The highest BCUT2D eigenvalue weighted by Crippen LogP contribution is 2.25. The van der Waals surface area contributed by atoms with Gasteiger partial charge in [0.1, 0.15) is 16.7 Å². The van der Waals surface area contributed by atoms with Crippen LogP contribution in [0.1, 0.15) is 31.9 Å². The maximum Gasteiger partial charge on any atom is 0.144 e. The van der Waals surface area contributed by atoms with Crippen LogP contribution in [-0.2, 0) is 17.4 Å². The Balaban J connectivity index is 2.14. The van der Waals surface area contributed by atoms with Crippen molar-refractivity contribution in [1.29, 1.82) is 0 Å². The normalized spacial score (nSPS) is 16.9. The molecule has 2 rings (SSSR count). The van der Waals surface area contributed by atoms with E-state index >= 15 is 0 Å². The average molecular weight is 251 g/mol. The highest BCUT2D eigenvalue weighted by Gasteiger charge is 2.18. The molecule has 0 fully saturated rings. The van der Waals surface area contributed by atoms with Gasteiger partial charge in [-0.15, -0.1) is 0 Å². The fraction of sp³-hybridized carbons (Fsp3) is 0.462. The van der Waals surface area contributed by atoms with Gasteiger partial charge in [-0.2, -0.15) is 4.40 Å². The molecule has 3 nitrogen and oxygen atoms in total. The summed E-state index contributed by atoms with van der Waals surface area (Å²) < 4.78 is 21.0. The van der Waals surface area contributed by atoms with E-state index in [1.165, 1.54) is 5.56 Å². The molecule has 1 aromatic rings. The number of fused-ring (bicyclic) bond motifs is 1. The van der Waals surface area contributed by atoms with Crippen molar-refractivity contribution >= 4 is 17.2 Å². The SMILES string of the molecule is CC(C)(C)S(=O)N=Cc1ccc2c(c1)OCC2. The van der Waals surface area contributed by atoms with Crippen LogP contribution in [0.25, 0.3) is 0 Å². The Morgan fingerprint density at radius 2 is 2.18 bits per heavy atom. The van der Waals surface area contributed by atoms with Gasteiger partial charge in [-0.1, -0.05) is 12.1 Å². The van der Waals surface area contributed by atoms with E-state index in [-0.39, 0.29) is 4.75 Å². The van der Waals surface area contributed by atoms with Crippen molar-refractivity contribution in [3.05, 3.63) is 29.3 Å². The van der Waals surface area contributed by atoms with E-state index in [9.17, 15) is 4.21 Å². The molecule has 0 saturated heterocycles. The predicted octanol–water partition coefficient (Wildman–Crippen LogP) is 2.50. The van der Waals surface area contributed by atoms with Crippen molar-refractivity contribution in [2.75, 3.05) is 6.61 Å². The third kappa shape index (κ3) is 2.94. The van der Waals surface area contributed by atoms with Crippen LogP contribution < -0.4 is 4.74 Å². The van der Waals surface area contributed by atoms with Gasteiger partial charge in [0.15, 0.2) is 0 Å². The minimum absolute atomic E-state index is 0.316. The van der Waals surface area contributed by atoms with Crippen molar-refractivity contribution in [2.45, 2.75) is 31.9 Å². The maximum absolute atomic E-state index is 11.8. The van der Waals surface area contributed by atoms with Gasteiger partial charge in [-0.05, 0) is 38.0 Å². The lowest BCUT2D eigenvalue weighted by atomic mass is 10.1. The molecule has 17 heavy (non-hydrogen) atoms. The minimum atomic E-state index is -1.21. The molecule has 0 aliphatic carbocycles. The Bertz CT molecular complexity index is 475. The zero-order valence-electron chi connectivity index (χ0n) is 10.4. The van der Waals surface area contributed by atoms with Gasteiger partial charge in [0, 0.05) is 12.6 Å². The van der Waals surface area contributed by atoms with Gasteiger partial charge in [0.05, 0.1) is 11.4 Å². The zero-order valence-corrected chi connectivity index (χ0v) is 11.2. The lowest BCUT2D eigenvalue weighted by Gasteiger charge is -2.12. The van der Waals surface area contributed by atoms with Crippen LogP contribution in [0, 0.1) is 0 Å². The fourth-order valence-corrected chi connectivity index (χ4v) is 2.06. The molecule has 1 atom stereocenters. The molecule has 4 heteroatoms. The monoisotopic (exact) mass is 251 g/mol. The number of benzene rings is 1. The molecule has 0 aromatic heterocycles. The van der Waals surface area contributed by atoms with Crippen LogP contribution in [0.5, 0.6) is 5.75 Å². The second kappa shape index (κ2) is 4.61. The molecule has 92 valence electrons. The summed E-state index contributed by atoms with van der Waals surface area (Å²) in [6, 6.07) is 5.98. The Kier molecular flexibility index (Phi) is 3.33. The van der Waals surface area contributed by atoms with Crippen molar-refractivity contribution in [2.24, 2.45) is 4.40 Å². The third-order valence-electron chi connectivity index (χ3n) is 2.54. The van der Waals surface area contributed by atoms with E-state index in [1.54, 1.807) is 6.21 Å². The Hall–Kier alpha value is -1.16. The summed E-state index contributed by atoms with van der Waals surface area (Å²) in [5.41, 5.74) is 2.17. The van der Waals surface area contributed by atoms with E-state index in [0.29, 0.717) is 0 Å². The predicted molar refractivity (Wildman–Crippen MR) is 71.1 cm³/mol. The summed E-state index contributed by atoms with van der Waals surface area (Å²) in [7, 11) is -1.21. The number of rotatable bonds is 2. The van der Waals surface area contributed by atoms with Crippen LogP contribution in [0.4, 0.5) is 0 Å². The van der Waals surface area contributed by atoms with Gasteiger partial charge < -0.3 is 4.74 Å². The molecule has 1 aromatic carbocycles. The van der Waals surface area contributed by atoms with Gasteiger partial charge >= 0.3 is 0 Å². The van der Waals surface area contributed by atoms with Crippen LogP contribution in [-0.4, -0.2) is 21.8 Å². The van der Waals surface area contributed by atoms with E-state index in [1.807, 2.05) is 39.0 Å². The molecule has 0 amide bonds. The van der Waals surface area contributed by atoms with Gasteiger partial charge in [-0.25, -0.2) is 4.21 Å². The molecule has 0 saturated carbocycles. The summed E-state index contributed by atoms with van der Waals surface area (Å²) in [5, 5.41) is 0. The summed E-state index contributed by atoms with van der Waals surface area (Å²) in [6.45, 7) is 6.48. The highest BCUT2D eigenvalue weighted by molar-refractivity contribution is 7.85. The molecule has 1 heterocycles.